The lowest BCUT2D eigenvalue weighted by atomic mass is 10.2. The maximum absolute atomic E-state index is 11.8. The topological polar surface area (TPSA) is 58.6 Å². The van der Waals surface area contributed by atoms with Crippen LogP contribution in [0.5, 0.6) is 11.5 Å². The number of rotatable bonds is 6. The molecule has 5 heteroatoms. The number of ether oxygens (including phenoxy) is 1. The number of carbonyl (C=O) groups excluding carboxylic acids is 1. The molecule has 0 bridgehead atoms. The van der Waals surface area contributed by atoms with Crippen LogP contribution >= 0.6 is 15.9 Å². The molecule has 0 aliphatic rings. The van der Waals surface area contributed by atoms with E-state index in [0.29, 0.717) is 17.9 Å². The van der Waals surface area contributed by atoms with Crippen molar-refractivity contribution < 1.29 is 14.6 Å². The molecule has 1 amide bonds. The summed E-state index contributed by atoms with van der Waals surface area (Å²) in [5, 5.41) is 12.4. The molecule has 0 radical (unpaired) electrons. The zero-order chi connectivity index (χ0) is 13.5. The van der Waals surface area contributed by atoms with E-state index >= 15 is 0 Å². The summed E-state index contributed by atoms with van der Waals surface area (Å²) >= 11 is 3.49. The minimum absolute atomic E-state index is 0.0332. The van der Waals surface area contributed by atoms with Gasteiger partial charge in [0.2, 0.25) is 0 Å². The minimum Gasteiger partial charge on any atom is -0.504 e. The summed E-state index contributed by atoms with van der Waals surface area (Å²) in [7, 11) is 1.47. The maximum atomic E-state index is 11.8. The van der Waals surface area contributed by atoms with Crippen LogP contribution in [0.1, 0.15) is 30.1 Å². The van der Waals surface area contributed by atoms with E-state index in [9.17, 15) is 9.90 Å². The fourth-order valence-electron chi connectivity index (χ4n) is 1.55. The molecular formula is C13H18BrNO3. The second kappa shape index (κ2) is 7.26. The first-order chi connectivity index (χ1) is 8.58. The summed E-state index contributed by atoms with van der Waals surface area (Å²) in [6.07, 6.45) is 2.07. The smallest absolute Gasteiger partial charge is 0.251 e. The van der Waals surface area contributed by atoms with Crippen LogP contribution in [0.25, 0.3) is 0 Å². The summed E-state index contributed by atoms with van der Waals surface area (Å²) in [6, 6.07) is 4.59. The Labute approximate surface area is 115 Å². The number of aromatic hydroxyl groups is 1. The third kappa shape index (κ3) is 4.22. The molecular weight excluding hydrogens is 298 g/mol. The fourth-order valence-corrected chi connectivity index (χ4v) is 2.17. The highest BCUT2D eigenvalue weighted by Crippen LogP contribution is 2.26. The number of phenolic OH excluding ortho intramolecular Hbond substituents is 1. The van der Waals surface area contributed by atoms with Crippen LogP contribution in [0.15, 0.2) is 18.2 Å². The highest BCUT2D eigenvalue weighted by atomic mass is 79.9. The van der Waals surface area contributed by atoms with Crippen LogP contribution in [0.4, 0.5) is 0 Å². The molecule has 0 heterocycles. The fraction of sp³-hybridized carbons (Fsp3) is 0.462. The Kier molecular flexibility index (Phi) is 5.98. The lowest BCUT2D eigenvalue weighted by Gasteiger charge is -2.11. The third-order valence-electron chi connectivity index (χ3n) is 2.53. The second-order valence-electron chi connectivity index (χ2n) is 3.98. The molecule has 0 aliphatic carbocycles. The minimum atomic E-state index is -0.200. The largest absolute Gasteiger partial charge is 0.504 e. The van der Waals surface area contributed by atoms with Gasteiger partial charge in [0.15, 0.2) is 11.5 Å². The van der Waals surface area contributed by atoms with Gasteiger partial charge in [0, 0.05) is 16.9 Å². The van der Waals surface area contributed by atoms with Gasteiger partial charge >= 0.3 is 0 Å². The predicted molar refractivity (Wildman–Crippen MR) is 74.6 cm³/mol. The molecule has 0 saturated heterocycles. The van der Waals surface area contributed by atoms with E-state index in [4.69, 9.17) is 4.74 Å². The maximum Gasteiger partial charge on any atom is 0.251 e. The molecule has 1 aromatic rings. The standard InChI is InChI=1S/C13H18BrNO3/c1-3-4-10(14)8-15-13(17)9-5-6-12(18-2)11(16)7-9/h5-7,10,16H,3-4,8H2,1-2H3,(H,15,17). The van der Waals surface area contributed by atoms with Crippen LogP contribution in [-0.4, -0.2) is 29.5 Å². The molecule has 0 aliphatic heterocycles. The lowest BCUT2D eigenvalue weighted by molar-refractivity contribution is 0.0953. The van der Waals surface area contributed by atoms with Crippen molar-refractivity contribution in [2.75, 3.05) is 13.7 Å². The zero-order valence-electron chi connectivity index (χ0n) is 10.6. The van der Waals surface area contributed by atoms with Crippen molar-refractivity contribution in [1.82, 2.24) is 5.32 Å². The van der Waals surface area contributed by atoms with Crippen molar-refractivity contribution in [3.63, 3.8) is 0 Å². The Morgan fingerprint density at radius 2 is 2.28 bits per heavy atom. The molecule has 1 rings (SSSR count). The Bertz CT molecular complexity index is 409. The van der Waals surface area contributed by atoms with Crippen molar-refractivity contribution in [3.8, 4) is 11.5 Å². The average Bonchev–Trinajstić information content (AvgIpc) is 2.36. The van der Waals surface area contributed by atoms with Crippen LogP contribution in [-0.2, 0) is 0 Å². The molecule has 1 unspecified atom stereocenters. The first-order valence-electron chi connectivity index (χ1n) is 5.87. The average molecular weight is 316 g/mol. The van der Waals surface area contributed by atoms with Crippen molar-refractivity contribution >= 4 is 21.8 Å². The number of benzene rings is 1. The highest BCUT2D eigenvalue weighted by molar-refractivity contribution is 9.09. The van der Waals surface area contributed by atoms with Gasteiger partial charge in [-0.1, -0.05) is 29.3 Å². The predicted octanol–water partition coefficient (Wildman–Crippen LogP) is 2.69. The number of hydrogen-bond acceptors (Lipinski definition) is 3. The molecule has 2 N–H and O–H groups in total. The first kappa shape index (κ1) is 14.8. The van der Waals surface area contributed by atoms with E-state index in [1.807, 2.05) is 0 Å². The molecule has 4 nitrogen and oxygen atoms in total. The van der Waals surface area contributed by atoms with Crippen LogP contribution in [0.3, 0.4) is 0 Å². The van der Waals surface area contributed by atoms with E-state index in [1.54, 1.807) is 12.1 Å². The van der Waals surface area contributed by atoms with Gasteiger partial charge in [0.1, 0.15) is 0 Å². The Balaban J connectivity index is 2.59. The molecule has 0 saturated carbocycles. The van der Waals surface area contributed by atoms with Gasteiger partial charge in [-0.25, -0.2) is 0 Å². The van der Waals surface area contributed by atoms with Crippen LogP contribution in [0.2, 0.25) is 0 Å². The van der Waals surface area contributed by atoms with Crippen molar-refractivity contribution in [2.24, 2.45) is 0 Å². The van der Waals surface area contributed by atoms with Crippen molar-refractivity contribution in [3.05, 3.63) is 23.8 Å². The number of methoxy groups -OCH3 is 1. The van der Waals surface area contributed by atoms with Gasteiger partial charge in [-0.3, -0.25) is 4.79 Å². The van der Waals surface area contributed by atoms with Crippen molar-refractivity contribution in [1.29, 1.82) is 0 Å². The van der Waals surface area contributed by atoms with Crippen molar-refractivity contribution in [2.45, 2.75) is 24.6 Å². The summed E-state index contributed by atoms with van der Waals surface area (Å²) < 4.78 is 4.92. The number of phenols is 1. The van der Waals surface area contributed by atoms with E-state index in [-0.39, 0.29) is 16.5 Å². The molecule has 1 aromatic carbocycles. The molecule has 0 fully saturated rings. The number of nitrogens with one attached hydrogen (secondary N) is 1. The quantitative estimate of drug-likeness (QED) is 0.793. The summed E-state index contributed by atoms with van der Waals surface area (Å²) in [4.78, 5) is 12.1. The van der Waals surface area contributed by atoms with Gasteiger partial charge in [-0.15, -0.1) is 0 Å². The number of carbonyl (C=O) groups is 1. The number of alkyl halides is 1. The summed E-state index contributed by atoms with van der Waals surface area (Å²) in [6.45, 7) is 2.66. The van der Waals surface area contributed by atoms with E-state index < -0.39 is 0 Å². The Morgan fingerprint density at radius 1 is 1.56 bits per heavy atom. The first-order valence-corrected chi connectivity index (χ1v) is 6.79. The van der Waals surface area contributed by atoms with Gasteiger partial charge < -0.3 is 15.2 Å². The highest BCUT2D eigenvalue weighted by Gasteiger charge is 2.11. The van der Waals surface area contributed by atoms with Gasteiger partial charge in [-0.05, 0) is 24.6 Å². The third-order valence-corrected chi connectivity index (χ3v) is 3.31. The Morgan fingerprint density at radius 3 is 2.83 bits per heavy atom. The monoisotopic (exact) mass is 315 g/mol. The van der Waals surface area contributed by atoms with Crippen LogP contribution < -0.4 is 10.1 Å². The molecule has 1 atom stereocenters. The van der Waals surface area contributed by atoms with E-state index in [2.05, 4.69) is 28.2 Å². The van der Waals surface area contributed by atoms with Gasteiger partial charge in [0.25, 0.3) is 5.91 Å². The number of hydrogen-bond donors (Lipinski definition) is 2. The lowest BCUT2D eigenvalue weighted by Crippen LogP contribution is -2.29. The number of amides is 1. The van der Waals surface area contributed by atoms with Gasteiger partial charge in [-0.2, -0.15) is 0 Å². The van der Waals surface area contributed by atoms with E-state index in [1.165, 1.54) is 13.2 Å². The number of halogens is 1. The summed E-state index contributed by atoms with van der Waals surface area (Å²) in [5.41, 5.74) is 0.421. The van der Waals surface area contributed by atoms with Gasteiger partial charge in [0.05, 0.1) is 7.11 Å². The zero-order valence-corrected chi connectivity index (χ0v) is 12.2. The molecule has 0 spiro atoms. The van der Waals surface area contributed by atoms with Crippen LogP contribution in [0, 0.1) is 0 Å². The molecule has 100 valence electrons. The van der Waals surface area contributed by atoms with E-state index in [0.717, 1.165) is 12.8 Å². The molecule has 0 aromatic heterocycles. The normalized spacial score (nSPS) is 11.9. The SMILES string of the molecule is CCCC(Br)CNC(=O)c1ccc(OC)c(O)c1. The second-order valence-corrected chi connectivity index (χ2v) is 5.28. The summed E-state index contributed by atoms with van der Waals surface area (Å²) in [5.74, 6) is 0.124. The Hall–Kier alpha value is -1.23. The molecule has 18 heavy (non-hydrogen) atoms.